The smallest absolute Gasteiger partial charge is 0.234 e. The van der Waals surface area contributed by atoms with Gasteiger partial charge in [-0.25, -0.2) is 4.98 Å². The van der Waals surface area contributed by atoms with Crippen molar-refractivity contribution in [3.63, 3.8) is 0 Å². The molecular formula is C22H22N4O2S. The van der Waals surface area contributed by atoms with Crippen LogP contribution in [0.2, 0.25) is 0 Å². The lowest BCUT2D eigenvalue weighted by atomic mass is 10.1. The van der Waals surface area contributed by atoms with Crippen molar-refractivity contribution in [3.05, 3.63) is 66.0 Å². The number of carbonyl (C=O) groups excluding carboxylic acids is 2. The van der Waals surface area contributed by atoms with E-state index in [0.717, 1.165) is 39.8 Å². The summed E-state index contributed by atoms with van der Waals surface area (Å²) in [5, 5.41) is 3.73. The lowest BCUT2D eigenvalue weighted by Crippen LogP contribution is -2.25. The van der Waals surface area contributed by atoms with Crippen LogP contribution in [0.4, 0.5) is 11.4 Å². The maximum Gasteiger partial charge on any atom is 0.234 e. The van der Waals surface area contributed by atoms with Crippen molar-refractivity contribution in [2.75, 3.05) is 22.5 Å². The van der Waals surface area contributed by atoms with Gasteiger partial charge in [-0.15, -0.1) is 0 Å². The molecule has 0 radical (unpaired) electrons. The number of hydrogen-bond donors (Lipinski definition) is 1. The molecule has 1 aromatic heterocycles. The highest BCUT2D eigenvalue weighted by Crippen LogP contribution is 2.30. The summed E-state index contributed by atoms with van der Waals surface area (Å²) in [6, 6.07) is 13.8. The summed E-state index contributed by atoms with van der Waals surface area (Å²) >= 11 is 1.40. The molecule has 0 aliphatic carbocycles. The number of amides is 2. The van der Waals surface area contributed by atoms with Crippen LogP contribution in [-0.2, 0) is 16.0 Å². The first-order valence-electron chi connectivity index (χ1n) is 9.46. The normalized spacial score (nSPS) is 12.7. The molecule has 3 aromatic rings. The number of thioether (sulfide) groups is 1. The second-order valence-electron chi connectivity index (χ2n) is 6.97. The number of aromatic nitrogens is 2. The van der Waals surface area contributed by atoms with Gasteiger partial charge in [0.2, 0.25) is 11.8 Å². The van der Waals surface area contributed by atoms with Crippen LogP contribution in [0.15, 0.2) is 60.0 Å². The molecule has 4 rings (SSSR count). The van der Waals surface area contributed by atoms with E-state index in [1.807, 2.05) is 47.2 Å². The van der Waals surface area contributed by atoms with Crippen molar-refractivity contribution in [1.82, 2.24) is 9.55 Å². The predicted molar refractivity (Wildman–Crippen MR) is 116 cm³/mol. The number of nitrogens with zero attached hydrogens (tertiary/aromatic N) is 3. The third kappa shape index (κ3) is 4.05. The lowest BCUT2D eigenvalue weighted by Gasteiger charge is -2.15. The van der Waals surface area contributed by atoms with Crippen molar-refractivity contribution in [2.24, 2.45) is 0 Å². The van der Waals surface area contributed by atoms with Gasteiger partial charge in [0.25, 0.3) is 0 Å². The Morgan fingerprint density at radius 3 is 2.79 bits per heavy atom. The molecule has 0 saturated carbocycles. The monoisotopic (exact) mass is 406 g/mol. The van der Waals surface area contributed by atoms with E-state index in [0.29, 0.717) is 6.54 Å². The van der Waals surface area contributed by atoms with E-state index in [9.17, 15) is 9.59 Å². The van der Waals surface area contributed by atoms with Crippen LogP contribution in [0.1, 0.15) is 18.1 Å². The fourth-order valence-corrected chi connectivity index (χ4v) is 4.31. The Hall–Kier alpha value is -3.06. The molecule has 0 spiro atoms. The summed E-state index contributed by atoms with van der Waals surface area (Å²) in [6.45, 7) is 4.32. The zero-order chi connectivity index (χ0) is 20.4. The van der Waals surface area contributed by atoms with Gasteiger partial charge in [0.1, 0.15) is 0 Å². The van der Waals surface area contributed by atoms with Gasteiger partial charge in [-0.05, 0) is 48.7 Å². The molecule has 0 bridgehead atoms. The Morgan fingerprint density at radius 1 is 1.17 bits per heavy atom. The molecule has 0 unspecified atom stereocenters. The highest BCUT2D eigenvalue weighted by molar-refractivity contribution is 7.99. The van der Waals surface area contributed by atoms with Crippen molar-refractivity contribution in [3.8, 4) is 5.69 Å². The first kappa shape index (κ1) is 19.3. The average molecular weight is 407 g/mol. The van der Waals surface area contributed by atoms with Crippen LogP contribution < -0.4 is 10.2 Å². The third-order valence-corrected chi connectivity index (χ3v) is 5.92. The molecule has 2 heterocycles. The summed E-state index contributed by atoms with van der Waals surface area (Å²) in [6.07, 6.45) is 4.46. The molecule has 7 heteroatoms. The minimum atomic E-state index is -0.0873. The minimum absolute atomic E-state index is 0.0427. The maximum absolute atomic E-state index is 12.5. The largest absolute Gasteiger partial charge is 0.325 e. The number of aryl methyl sites for hydroxylation is 1. The molecule has 1 aliphatic heterocycles. The second-order valence-corrected chi connectivity index (χ2v) is 7.91. The van der Waals surface area contributed by atoms with Gasteiger partial charge < -0.3 is 10.2 Å². The molecular weight excluding hydrogens is 384 g/mol. The fraction of sp³-hybridized carbons (Fsp3) is 0.227. The Bertz CT molecular complexity index is 1080. The summed E-state index contributed by atoms with van der Waals surface area (Å²) in [5.41, 5.74) is 4.98. The zero-order valence-corrected chi connectivity index (χ0v) is 17.2. The van der Waals surface area contributed by atoms with E-state index < -0.39 is 0 Å². The molecule has 6 nitrogen and oxygen atoms in total. The Balaban J connectivity index is 1.40. The Labute approximate surface area is 173 Å². The van der Waals surface area contributed by atoms with E-state index in [-0.39, 0.29) is 17.6 Å². The number of nitrogens with one attached hydrogen (secondary N) is 1. The number of imidazole rings is 1. The first-order chi connectivity index (χ1) is 14.0. The highest BCUT2D eigenvalue weighted by atomic mass is 32.2. The predicted octanol–water partition coefficient (Wildman–Crippen LogP) is 3.82. The van der Waals surface area contributed by atoms with Crippen LogP contribution in [0.3, 0.4) is 0 Å². The minimum Gasteiger partial charge on any atom is -0.325 e. The van der Waals surface area contributed by atoms with E-state index in [1.165, 1.54) is 11.8 Å². The van der Waals surface area contributed by atoms with Gasteiger partial charge in [0, 0.05) is 37.2 Å². The number of para-hydroxylation sites is 1. The van der Waals surface area contributed by atoms with Gasteiger partial charge in [0.05, 0.1) is 11.4 Å². The Kier molecular flexibility index (Phi) is 5.40. The molecule has 1 N–H and O–H groups in total. The van der Waals surface area contributed by atoms with Gasteiger partial charge >= 0.3 is 0 Å². The average Bonchev–Trinajstić information content (AvgIpc) is 3.33. The lowest BCUT2D eigenvalue weighted by molar-refractivity contribution is -0.116. The maximum atomic E-state index is 12.5. The molecule has 148 valence electrons. The van der Waals surface area contributed by atoms with Crippen LogP contribution in [0, 0.1) is 6.92 Å². The van der Waals surface area contributed by atoms with E-state index in [1.54, 1.807) is 18.0 Å². The zero-order valence-electron chi connectivity index (χ0n) is 16.4. The van der Waals surface area contributed by atoms with Crippen molar-refractivity contribution in [2.45, 2.75) is 25.4 Å². The second kappa shape index (κ2) is 8.13. The van der Waals surface area contributed by atoms with Crippen LogP contribution in [0.25, 0.3) is 5.69 Å². The molecule has 1 aliphatic rings. The van der Waals surface area contributed by atoms with Gasteiger partial charge in [-0.2, -0.15) is 0 Å². The molecule has 0 fully saturated rings. The number of benzene rings is 2. The summed E-state index contributed by atoms with van der Waals surface area (Å²) in [5.74, 6) is 0.219. The first-order valence-corrected chi connectivity index (χ1v) is 10.4. The number of anilines is 2. The summed E-state index contributed by atoms with van der Waals surface area (Å²) in [4.78, 5) is 30.3. The van der Waals surface area contributed by atoms with Gasteiger partial charge in [0.15, 0.2) is 5.16 Å². The number of rotatable bonds is 5. The highest BCUT2D eigenvalue weighted by Gasteiger charge is 2.22. The van der Waals surface area contributed by atoms with E-state index in [2.05, 4.69) is 23.3 Å². The molecule has 29 heavy (non-hydrogen) atoms. The quantitative estimate of drug-likeness (QED) is 0.654. The SMILES string of the molecule is CC(=O)N1CCc2cc(NC(=O)CSc3nccn3-c3ccccc3C)ccc21. The van der Waals surface area contributed by atoms with E-state index >= 15 is 0 Å². The van der Waals surface area contributed by atoms with Crippen molar-refractivity contribution < 1.29 is 9.59 Å². The Morgan fingerprint density at radius 2 is 2.00 bits per heavy atom. The number of carbonyl (C=O) groups is 2. The van der Waals surface area contributed by atoms with Crippen molar-refractivity contribution in [1.29, 1.82) is 0 Å². The summed E-state index contributed by atoms with van der Waals surface area (Å²) < 4.78 is 2.00. The van der Waals surface area contributed by atoms with Crippen LogP contribution in [0.5, 0.6) is 0 Å². The van der Waals surface area contributed by atoms with Crippen molar-refractivity contribution >= 4 is 35.0 Å². The van der Waals surface area contributed by atoms with Crippen LogP contribution in [-0.4, -0.2) is 33.7 Å². The molecule has 2 aromatic carbocycles. The fourth-order valence-electron chi connectivity index (χ4n) is 3.55. The molecule has 0 atom stereocenters. The van der Waals surface area contributed by atoms with Crippen LogP contribution >= 0.6 is 11.8 Å². The standard InChI is InChI=1S/C22H22N4O2S/c1-15-5-3-4-6-19(15)26-12-10-23-22(26)29-14-21(28)24-18-7-8-20-17(13-18)9-11-25(20)16(2)27/h3-8,10,12-13H,9,11,14H2,1-2H3,(H,24,28). The molecule has 2 amide bonds. The number of hydrogen-bond acceptors (Lipinski definition) is 4. The number of fused-ring (bicyclic) bond motifs is 1. The topological polar surface area (TPSA) is 67.2 Å². The van der Waals surface area contributed by atoms with E-state index in [4.69, 9.17) is 0 Å². The van der Waals surface area contributed by atoms with Gasteiger partial charge in [-0.1, -0.05) is 30.0 Å². The molecule has 0 saturated heterocycles. The summed E-state index contributed by atoms with van der Waals surface area (Å²) in [7, 11) is 0. The van der Waals surface area contributed by atoms with Gasteiger partial charge in [-0.3, -0.25) is 14.2 Å². The third-order valence-electron chi connectivity index (χ3n) is 4.95.